The first-order valence-electron chi connectivity index (χ1n) is 7.10. The molecule has 0 saturated carbocycles. The number of halogens is 1. The quantitative estimate of drug-likeness (QED) is 0.806. The number of carbonyl (C=O) groups excluding carboxylic acids is 1. The Labute approximate surface area is 128 Å². The van der Waals surface area contributed by atoms with E-state index in [9.17, 15) is 9.90 Å². The number of benzene rings is 1. The first-order valence-corrected chi connectivity index (χ1v) is 7.89. The number of aliphatic hydroxyl groups excluding tert-OH is 1. The second kappa shape index (κ2) is 7.76. The maximum absolute atomic E-state index is 12.0. The smallest absolute Gasteiger partial charge is 0.252 e. The lowest BCUT2D eigenvalue weighted by atomic mass is 10.1. The molecule has 0 aliphatic carbocycles. The maximum atomic E-state index is 12.0. The Morgan fingerprint density at radius 2 is 2.05 bits per heavy atom. The van der Waals surface area contributed by atoms with E-state index in [0.717, 1.165) is 43.4 Å². The average Bonchev–Trinajstić information content (AvgIpc) is 2.46. The molecule has 1 aliphatic rings. The number of aliphatic hydroxyl groups is 1. The zero-order valence-corrected chi connectivity index (χ0v) is 13.1. The van der Waals surface area contributed by atoms with Gasteiger partial charge in [-0.25, -0.2) is 0 Å². The summed E-state index contributed by atoms with van der Waals surface area (Å²) in [5.41, 5.74) is 0.675. The summed E-state index contributed by atoms with van der Waals surface area (Å²) in [6, 6.07) is 7.43. The molecule has 0 atom stereocenters. The third-order valence-corrected chi connectivity index (χ3v) is 4.30. The van der Waals surface area contributed by atoms with Crippen molar-refractivity contribution in [2.75, 3.05) is 26.2 Å². The van der Waals surface area contributed by atoms with E-state index >= 15 is 0 Å². The summed E-state index contributed by atoms with van der Waals surface area (Å²) in [4.78, 5) is 14.3. The number of carbonyl (C=O) groups is 1. The van der Waals surface area contributed by atoms with E-state index in [-0.39, 0.29) is 12.0 Å². The van der Waals surface area contributed by atoms with Crippen LogP contribution >= 0.6 is 15.9 Å². The van der Waals surface area contributed by atoms with Crippen molar-refractivity contribution in [2.45, 2.75) is 25.4 Å². The molecule has 1 aromatic carbocycles. The van der Waals surface area contributed by atoms with E-state index in [0.29, 0.717) is 12.1 Å². The molecule has 20 heavy (non-hydrogen) atoms. The van der Waals surface area contributed by atoms with Crippen LogP contribution < -0.4 is 5.32 Å². The Morgan fingerprint density at radius 3 is 2.75 bits per heavy atom. The normalized spacial score (nSPS) is 17.1. The van der Waals surface area contributed by atoms with Crippen molar-refractivity contribution in [3.63, 3.8) is 0 Å². The lowest BCUT2D eigenvalue weighted by Crippen LogP contribution is -2.37. The average molecular weight is 341 g/mol. The Hall–Kier alpha value is -0.910. The maximum Gasteiger partial charge on any atom is 0.252 e. The van der Waals surface area contributed by atoms with Crippen LogP contribution in [0.15, 0.2) is 28.7 Å². The van der Waals surface area contributed by atoms with E-state index < -0.39 is 0 Å². The highest BCUT2D eigenvalue weighted by Crippen LogP contribution is 2.15. The number of amides is 1. The molecule has 5 heteroatoms. The number of hydrogen-bond acceptors (Lipinski definition) is 3. The van der Waals surface area contributed by atoms with Crippen molar-refractivity contribution in [1.29, 1.82) is 0 Å². The second-order valence-electron chi connectivity index (χ2n) is 5.16. The van der Waals surface area contributed by atoms with Gasteiger partial charge in [-0.1, -0.05) is 12.1 Å². The minimum atomic E-state index is -0.124. The van der Waals surface area contributed by atoms with Crippen molar-refractivity contribution in [3.8, 4) is 0 Å². The second-order valence-corrected chi connectivity index (χ2v) is 6.02. The van der Waals surface area contributed by atoms with Crippen molar-refractivity contribution in [3.05, 3.63) is 34.3 Å². The van der Waals surface area contributed by atoms with Crippen molar-refractivity contribution >= 4 is 21.8 Å². The van der Waals surface area contributed by atoms with Gasteiger partial charge in [0.05, 0.1) is 11.7 Å². The first-order chi connectivity index (χ1) is 9.66. The minimum Gasteiger partial charge on any atom is -0.393 e. The number of piperidine rings is 1. The third kappa shape index (κ3) is 4.58. The summed E-state index contributed by atoms with van der Waals surface area (Å²) in [6.07, 6.45) is 2.54. The lowest BCUT2D eigenvalue weighted by Gasteiger charge is -2.29. The Morgan fingerprint density at radius 1 is 1.35 bits per heavy atom. The van der Waals surface area contributed by atoms with Gasteiger partial charge in [-0.3, -0.25) is 4.79 Å². The van der Waals surface area contributed by atoms with Crippen LogP contribution in [0.4, 0.5) is 0 Å². The molecule has 0 spiro atoms. The molecule has 110 valence electrons. The third-order valence-electron chi connectivity index (χ3n) is 3.61. The minimum absolute atomic E-state index is 0.0356. The Bertz CT molecular complexity index is 445. The van der Waals surface area contributed by atoms with Gasteiger partial charge in [0.1, 0.15) is 0 Å². The van der Waals surface area contributed by atoms with Gasteiger partial charge in [0.15, 0.2) is 0 Å². The molecule has 0 aromatic heterocycles. The van der Waals surface area contributed by atoms with E-state index in [1.165, 1.54) is 0 Å². The Kier molecular flexibility index (Phi) is 6.01. The summed E-state index contributed by atoms with van der Waals surface area (Å²) in [5, 5.41) is 12.4. The highest BCUT2D eigenvalue weighted by Gasteiger charge is 2.16. The van der Waals surface area contributed by atoms with E-state index in [4.69, 9.17) is 0 Å². The van der Waals surface area contributed by atoms with E-state index in [2.05, 4.69) is 26.1 Å². The molecule has 1 fully saturated rings. The fourth-order valence-electron chi connectivity index (χ4n) is 2.39. The van der Waals surface area contributed by atoms with Crippen LogP contribution in [0.5, 0.6) is 0 Å². The van der Waals surface area contributed by atoms with Crippen LogP contribution in [-0.2, 0) is 0 Å². The molecule has 2 rings (SSSR count). The van der Waals surface area contributed by atoms with Crippen LogP contribution in [-0.4, -0.2) is 48.2 Å². The van der Waals surface area contributed by atoms with Gasteiger partial charge in [0.2, 0.25) is 0 Å². The van der Waals surface area contributed by atoms with Gasteiger partial charge < -0.3 is 15.3 Å². The van der Waals surface area contributed by atoms with Gasteiger partial charge in [0, 0.05) is 24.1 Å². The van der Waals surface area contributed by atoms with Crippen molar-refractivity contribution in [1.82, 2.24) is 10.2 Å². The molecule has 1 heterocycles. The highest BCUT2D eigenvalue weighted by atomic mass is 79.9. The molecule has 1 amide bonds. The molecular weight excluding hydrogens is 320 g/mol. The van der Waals surface area contributed by atoms with Crippen LogP contribution in [0.3, 0.4) is 0 Å². The Balaban J connectivity index is 1.66. The lowest BCUT2D eigenvalue weighted by molar-refractivity contribution is 0.0816. The summed E-state index contributed by atoms with van der Waals surface area (Å²) < 4.78 is 0.822. The van der Waals surface area contributed by atoms with Crippen LogP contribution in [0.1, 0.15) is 29.6 Å². The topological polar surface area (TPSA) is 52.6 Å². The van der Waals surface area contributed by atoms with Crippen LogP contribution in [0, 0.1) is 0 Å². The number of likely N-dealkylation sites (tertiary alicyclic amines) is 1. The number of nitrogens with zero attached hydrogens (tertiary/aromatic N) is 1. The molecule has 1 aliphatic heterocycles. The van der Waals surface area contributed by atoms with Gasteiger partial charge in [-0.05, 0) is 53.9 Å². The highest BCUT2D eigenvalue weighted by molar-refractivity contribution is 9.10. The van der Waals surface area contributed by atoms with Gasteiger partial charge in [0.25, 0.3) is 5.91 Å². The van der Waals surface area contributed by atoms with E-state index in [1.54, 1.807) is 0 Å². The summed E-state index contributed by atoms with van der Waals surface area (Å²) >= 11 is 3.38. The molecule has 1 saturated heterocycles. The molecular formula is C15H21BrN2O2. The van der Waals surface area contributed by atoms with Crippen LogP contribution in [0.2, 0.25) is 0 Å². The fraction of sp³-hybridized carbons (Fsp3) is 0.533. The summed E-state index contributed by atoms with van der Waals surface area (Å²) in [6.45, 7) is 3.57. The van der Waals surface area contributed by atoms with Gasteiger partial charge >= 0.3 is 0 Å². The van der Waals surface area contributed by atoms with Crippen molar-refractivity contribution < 1.29 is 9.90 Å². The number of rotatable bonds is 5. The predicted molar refractivity (Wildman–Crippen MR) is 82.8 cm³/mol. The molecule has 0 radical (unpaired) electrons. The standard InChI is InChI=1S/C15H21BrN2O2/c16-14-5-2-1-4-13(14)15(20)17-8-3-9-18-10-6-12(19)7-11-18/h1-2,4-5,12,19H,3,6-11H2,(H,17,20). The summed E-state index contributed by atoms with van der Waals surface area (Å²) in [5.74, 6) is -0.0356. The summed E-state index contributed by atoms with van der Waals surface area (Å²) in [7, 11) is 0. The zero-order chi connectivity index (χ0) is 14.4. The monoisotopic (exact) mass is 340 g/mol. The van der Waals surface area contributed by atoms with Crippen molar-refractivity contribution in [2.24, 2.45) is 0 Å². The van der Waals surface area contributed by atoms with Gasteiger partial charge in [-0.15, -0.1) is 0 Å². The molecule has 1 aromatic rings. The van der Waals surface area contributed by atoms with Crippen LogP contribution in [0.25, 0.3) is 0 Å². The molecule has 2 N–H and O–H groups in total. The zero-order valence-electron chi connectivity index (χ0n) is 11.5. The number of nitrogens with one attached hydrogen (secondary N) is 1. The first kappa shape index (κ1) is 15.5. The molecule has 0 bridgehead atoms. The fourth-order valence-corrected chi connectivity index (χ4v) is 2.85. The largest absolute Gasteiger partial charge is 0.393 e. The predicted octanol–water partition coefficient (Wildman–Crippen LogP) is 2.03. The SMILES string of the molecule is O=C(NCCCN1CCC(O)CC1)c1ccccc1Br. The molecule has 0 unspecified atom stereocenters. The van der Waals surface area contributed by atoms with Gasteiger partial charge in [-0.2, -0.15) is 0 Å². The number of hydrogen-bond donors (Lipinski definition) is 2. The molecule has 4 nitrogen and oxygen atoms in total. The van der Waals surface area contributed by atoms with E-state index in [1.807, 2.05) is 24.3 Å².